The smallest absolute Gasteiger partial charge is 0.485 e. The average Bonchev–Trinajstić information content (AvgIpc) is 2.82. The van der Waals surface area contributed by atoms with Crippen LogP contribution >= 0.6 is 0 Å². The van der Waals surface area contributed by atoms with Crippen molar-refractivity contribution in [1.29, 1.82) is 0 Å². The van der Waals surface area contributed by atoms with Crippen LogP contribution in [0.15, 0.2) is 42.5 Å². The predicted molar refractivity (Wildman–Crippen MR) is 70.0 cm³/mol. The van der Waals surface area contributed by atoms with Gasteiger partial charge in [0.1, 0.15) is 0 Å². The van der Waals surface area contributed by atoms with Crippen molar-refractivity contribution in [3.63, 3.8) is 0 Å². The van der Waals surface area contributed by atoms with Crippen molar-refractivity contribution < 1.29 is 60.5 Å². The van der Waals surface area contributed by atoms with E-state index in [1.165, 1.54) is 15.7 Å². The van der Waals surface area contributed by atoms with Crippen molar-refractivity contribution in [3.8, 4) is 11.1 Å². The van der Waals surface area contributed by atoms with Crippen LogP contribution in [0.2, 0.25) is 0 Å². The van der Waals surface area contributed by atoms with Gasteiger partial charge in [-0.1, -0.05) is 12.1 Å². The van der Waals surface area contributed by atoms with E-state index in [0.29, 0.717) is 0 Å². The number of rotatable bonds is 0. The topological polar surface area (TPSA) is 57.2 Å². The highest BCUT2D eigenvalue weighted by molar-refractivity contribution is 7.86. The average molecular weight is 496 g/mol. The number of fused-ring (bicyclic) bond motifs is 3. The normalized spacial score (nSPS) is 13.6. The molecule has 1 aliphatic rings. The molecule has 1 aliphatic heterocycles. The molecule has 0 atom stereocenters. The third-order valence-corrected chi connectivity index (χ3v) is 6.51. The standard InChI is InChI=1S/C13H7F3I.CHF3O3S/c14-13(15,16)8-5-6-10-9-3-1-2-4-11(9)17-12(10)7-8;2-1(3,4)8(5,6)7/h1-7H;(H,5,6,7)/q+1;/p-1. The predicted octanol–water partition coefficient (Wildman–Crippen LogP) is 0.866. The van der Waals surface area contributed by atoms with Crippen molar-refractivity contribution >= 4 is 10.1 Å². The fraction of sp³-hybridized carbons (Fsp3) is 0.143. The third kappa shape index (κ3) is 4.64. The first-order chi connectivity index (χ1) is 11.3. The summed E-state index contributed by atoms with van der Waals surface area (Å²) in [6, 6.07) is 11.9. The van der Waals surface area contributed by atoms with Crippen molar-refractivity contribution in [2.75, 3.05) is 0 Å². The van der Waals surface area contributed by atoms with Crippen LogP contribution in [-0.2, 0) is 16.3 Å². The Kier molecular flexibility index (Phi) is 5.40. The molecule has 0 fully saturated rings. The van der Waals surface area contributed by atoms with Gasteiger partial charge in [0.25, 0.3) is 0 Å². The monoisotopic (exact) mass is 496 g/mol. The molecule has 2 aromatic carbocycles. The summed E-state index contributed by atoms with van der Waals surface area (Å²) >= 11 is -0.462. The van der Waals surface area contributed by atoms with Crippen LogP contribution < -0.4 is 21.2 Å². The Morgan fingerprint density at radius 1 is 0.840 bits per heavy atom. The molecule has 0 radical (unpaired) electrons. The Morgan fingerprint density at radius 2 is 1.36 bits per heavy atom. The molecule has 25 heavy (non-hydrogen) atoms. The minimum absolute atomic E-state index is 0.462. The minimum Gasteiger partial charge on any atom is -0.741 e. The van der Waals surface area contributed by atoms with Crippen LogP contribution in [0.3, 0.4) is 0 Å². The minimum atomic E-state index is -6.09. The molecule has 0 aliphatic carbocycles. The molecule has 0 bridgehead atoms. The summed E-state index contributed by atoms with van der Waals surface area (Å²) in [6.07, 6.45) is -4.24. The molecule has 0 unspecified atom stereocenters. The highest BCUT2D eigenvalue weighted by atomic mass is 127. The SMILES string of the molecule is FC(F)(F)c1ccc2c(c1)[I+]c1ccccc1-2.O=S(=O)([O-])C(F)(F)F. The Bertz CT molecular complexity index is 890. The fourth-order valence-corrected chi connectivity index (χ4v) is 4.89. The van der Waals surface area contributed by atoms with Gasteiger partial charge in [-0.2, -0.15) is 26.3 Å². The van der Waals surface area contributed by atoms with Gasteiger partial charge >= 0.3 is 32.9 Å². The molecule has 0 amide bonds. The first kappa shape index (κ1) is 20.0. The third-order valence-electron chi connectivity index (χ3n) is 2.95. The Labute approximate surface area is 148 Å². The van der Waals surface area contributed by atoms with E-state index in [1.54, 1.807) is 6.07 Å². The van der Waals surface area contributed by atoms with Gasteiger partial charge in [-0.15, -0.1) is 0 Å². The largest absolute Gasteiger partial charge is 0.741 e. The van der Waals surface area contributed by atoms with Crippen molar-refractivity contribution in [3.05, 3.63) is 55.2 Å². The summed E-state index contributed by atoms with van der Waals surface area (Å²) < 4.78 is 98.8. The summed E-state index contributed by atoms with van der Waals surface area (Å²) in [5.41, 5.74) is -4.11. The Balaban J connectivity index is 0.000000242. The number of alkyl halides is 6. The second-order valence-electron chi connectivity index (χ2n) is 4.67. The van der Waals surface area contributed by atoms with Gasteiger partial charge in [0.05, 0.1) is 5.56 Å². The van der Waals surface area contributed by atoms with Crippen LogP contribution in [0.1, 0.15) is 5.56 Å². The van der Waals surface area contributed by atoms with Crippen molar-refractivity contribution in [2.24, 2.45) is 0 Å². The molecule has 0 spiro atoms. The van der Waals surface area contributed by atoms with Gasteiger partial charge in [0, 0.05) is 17.2 Å². The molecule has 0 N–H and O–H groups in total. The van der Waals surface area contributed by atoms with Gasteiger partial charge in [-0.05, 0) is 24.3 Å². The van der Waals surface area contributed by atoms with Crippen LogP contribution in [0.5, 0.6) is 0 Å². The molecule has 2 aromatic rings. The lowest BCUT2D eigenvalue weighted by molar-refractivity contribution is -0.590. The van der Waals surface area contributed by atoms with E-state index >= 15 is 0 Å². The zero-order chi connectivity index (χ0) is 19.0. The number of hydrogen-bond donors (Lipinski definition) is 0. The molecular formula is C14H7F6IO3S. The Morgan fingerprint density at radius 3 is 1.88 bits per heavy atom. The molecule has 3 rings (SSSR count). The van der Waals surface area contributed by atoms with E-state index in [4.69, 9.17) is 13.0 Å². The lowest BCUT2D eigenvalue weighted by Crippen LogP contribution is -3.61. The summed E-state index contributed by atoms with van der Waals surface area (Å²) in [5, 5.41) is 0. The first-order valence-electron chi connectivity index (χ1n) is 6.28. The maximum Gasteiger partial charge on any atom is 0.485 e. The van der Waals surface area contributed by atoms with Gasteiger partial charge in [0.2, 0.25) is 7.14 Å². The van der Waals surface area contributed by atoms with E-state index in [0.717, 1.165) is 14.7 Å². The van der Waals surface area contributed by atoms with Gasteiger partial charge in [-0.25, -0.2) is 8.42 Å². The molecule has 3 nitrogen and oxygen atoms in total. The molecule has 0 saturated carbocycles. The van der Waals surface area contributed by atoms with Crippen molar-refractivity contribution in [1.82, 2.24) is 0 Å². The highest BCUT2D eigenvalue weighted by Crippen LogP contribution is 2.31. The maximum atomic E-state index is 12.6. The summed E-state index contributed by atoms with van der Waals surface area (Å²) in [5.74, 6) is 0. The Hall–Kier alpha value is -1.34. The maximum absolute atomic E-state index is 12.6. The number of hydrogen-bond acceptors (Lipinski definition) is 3. The van der Waals surface area contributed by atoms with E-state index < -0.39 is 48.6 Å². The fourth-order valence-electron chi connectivity index (χ4n) is 1.86. The van der Waals surface area contributed by atoms with Crippen LogP contribution in [0.4, 0.5) is 26.3 Å². The van der Waals surface area contributed by atoms with Crippen LogP contribution in [-0.4, -0.2) is 18.5 Å². The second kappa shape index (κ2) is 6.76. The summed E-state index contributed by atoms with van der Waals surface area (Å²) in [7, 11) is -6.09. The van der Waals surface area contributed by atoms with Gasteiger partial charge in [0.15, 0.2) is 10.1 Å². The first-order valence-corrected chi connectivity index (χ1v) is 9.85. The molecule has 11 heteroatoms. The molecular weight excluding hydrogens is 489 g/mol. The van der Waals surface area contributed by atoms with E-state index in [9.17, 15) is 26.3 Å². The zero-order valence-corrected chi connectivity index (χ0v) is 14.8. The summed E-state index contributed by atoms with van der Waals surface area (Å²) in [4.78, 5) is 0. The summed E-state index contributed by atoms with van der Waals surface area (Å²) in [6.45, 7) is 0. The van der Waals surface area contributed by atoms with Crippen LogP contribution in [0.25, 0.3) is 11.1 Å². The quantitative estimate of drug-likeness (QED) is 0.201. The lowest BCUT2D eigenvalue weighted by Gasteiger charge is -2.08. The molecule has 136 valence electrons. The van der Waals surface area contributed by atoms with Crippen molar-refractivity contribution in [2.45, 2.75) is 11.7 Å². The molecule has 0 aromatic heterocycles. The number of halogens is 7. The second-order valence-corrected chi connectivity index (χ2v) is 8.90. The van der Waals surface area contributed by atoms with Crippen LogP contribution in [0, 0.1) is 7.14 Å². The zero-order valence-electron chi connectivity index (χ0n) is 11.8. The lowest BCUT2D eigenvalue weighted by atomic mass is 10.0. The highest BCUT2D eigenvalue weighted by Gasteiger charge is 2.38. The van der Waals surface area contributed by atoms with Gasteiger partial charge < -0.3 is 4.55 Å². The number of benzene rings is 2. The molecule has 1 heterocycles. The van der Waals surface area contributed by atoms with Gasteiger partial charge in [-0.3, -0.25) is 0 Å². The molecule has 0 saturated heterocycles. The van der Waals surface area contributed by atoms with E-state index in [2.05, 4.69) is 0 Å². The van der Waals surface area contributed by atoms with E-state index in [-0.39, 0.29) is 0 Å². The van der Waals surface area contributed by atoms with E-state index in [1.807, 2.05) is 24.3 Å².